The van der Waals surface area contributed by atoms with Crippen molar-refractivity contribution in [2.75, 3.05) is 23.9 Å². The highest BCUT2D eigenvalue weighted by Crippen LogP contribution is 2.22. The first-order valence-electron chi connectivity index (χ1n) is 8.39. The molecule has 2 aliphatic rings. The van der Waals surface area contributed by atoms with E-state index in [1.807, 2.05) is 0 Å². The Morgan fingerprint density at radius 3 is 2.74 bits per heavy atom. The van der Waals surface area contributed by atoms with Crippen molar-refractivity contribution in [3.05, 3.63) is 29.8 Å². The van der Waals surface area contributed by atoms with Gasteiger partial charge in [-0.1, -0.05) is 6.07 Å². The fourth-order valence-corrected chi connectivity index (χ4v) is 4.73. The van der Waals surface area contributed by atoms with Crippen molar-refractivity contribution in [1.82, 2.24) is 5.01 Å². The van der Waals surface area contributed by atoms with Crippen LogP contribution in [0.25, 0.3) is 0 Å². The van der Waals surface area contributed by atoms with Crippen LogP contribution in [-0.4, -0.2) is 61.6 Å². The molecule has 1 fully saturated rings. The van der Waals surface area contributed by atoms with E-state index >= 15 is 0 Å². The monoisotopic (exact) mass is 393 g/mol. The van der Waals surface area contributed by atoms with Crippen LogP contribution in [0.2, 0.25) is 0 Å². The predicted octanol–water partition coefficient (Wildman–Crippen LogP) is 0.577. The summed E-state index contributed by atoms with van der Waals surface area (Å²) < 4.78 is 28.0. The molecule has 10 heteroatoms. The molecule has 3 rings (SSSR count). The third kappa shape index (κ3) is 4.33. The average Bonchev–Trinajstić information content (AvgIpc) is 3.01. The number of carbonyl (C=O) groups is 3. The summed E-state index contributed by atoms with van der Waals surface area (Å²) >= 11 is 0. The van der Waals surface area contributed by atoms with Gasteiger partial charge < -0.3 is 10.1 Å². The molecule has 1 atom stereocenters. The first-order valence-corrected chi connectivity index (χ1v) is 10.2. The van der Waals surface area contributed by atoms with Crippen LogP contribution in [0.1, 0.15) is 29.6 Å². The Hall–Kier alpha value is -2.75. The Bertz CT molecular complexity index is 924. The van der Waals surface area contributed by atoms with Gasteiger partial charge >= 0.3 is 5.97 Å². The van der Waals surface area contributed by atoms with Gasteiger partial charge in [0.2, 0.25) is 5.91 Å². The van der Waals surface area contributed by atoms with E-state index in [9.17, 15) is 22.8 Å². The van der Waals surface area contributed by atoms with Crippen molar-refractivity contribution in [2.45, 2.75) is 25.3 Å². The van der Waals surface area contributed by atoms with Crippen LogP contribution in [0.4, 0.5) is 5.69 Å². The fourth-order valence-electron chi connectivity index (χ4n) is 3.03. The molecule has 27 heavy (non-hydrogen) atoms. The molecule has 1 aromatic rings. The van der Waals surface area contributed by atoms with E-state index in [1.165, 1.54) is 13.2 Å². The summed E-state index contributed by atoms with van der Waals surface area (Å²) in [7, 11) is -1.91. The number of nitrogens with zero attached hydrogens (tertiary/aromatic N) is 2. The minimum Gasteiger partial charge on any atom is -0.465 e. The van der Waals surface area contributed by atoms with Crippen LogP contribution < -0.4 is 5.32 Å². The second-order valence-corrected chi connectivity index (χ2v) is 8.60. The normalized spacial score (nSPS) is 21.5. The first kappa shape index (κ1) is 19.0. The number of ether oxygens (including phenoxy) is 1. The summed E-state index contributed by atoms with van der Waals surface area (Å²) in [6.07, 6.45) is 0.565. The Morgan fingerprint density at radius 2 is 2.07 bits per heavy atom. The Balaban J connectivity index is 1.75. The van der Waals surface area contributed by atoms with Crippen LogP contribution in [0.3, 0.4) is 0 Å². The number of nitrogens with one attached hydrogen (secondary N) is 1. The third-order valence-corrected chi connectivity index (χ3v) is 6.17. The summed E-state index contributed by atoms with van der Waals surface area (Å²) in [6.45, 7) is 0. The summed E-state index contributed by atoms with van der Waals surface area (Å²) in [5.41, 5.74) is 0.814. The summed E-state index contributed by atoms with van der Waals surface area (Å²) in [5.74, 6) is -1.45. The lowest BCUT2D eigenvalue weighted by Crippen LogP contribution is -2.42. The first-order chi connectivity index (χ1) is 12.8. The molecule has 2 aliphatic heterocycles. The maximum absolute atomic E-state index is 12.5. The quantitative estimate of drug-likeness (QED) is 0.747. The summed E-state index contributed by atoms with van der Waals surface area (Å²) in [4.78, 5) is 36.2. The van der Waals surface area contributed by atoms with Crippen molar-refractivity contribution in [1.29, 1.82) is 0 Å². The Morgan fingerprint density at radius 1 is 1.30 bits per heavy atom. The molecule has 0 saturated carbocycles. The molecule has 144 valence electrons. The third-order valence-electron chi connectivity index (χ3n) is 4.42. The maximum Gasteiger partial charge on any atom is 0.337 e. The van der Waals surface area contributed by atoms with Gasteiger partial charge in [-0.05, 0) is 24.6 Å². The highest BCUT2D eigenvalue weighted by molar-refractivity contribution is 7.91. The number of hydrazone groups is 1. The average molecular weight is 393 g/mol. The van der Waals surface area contributed by atoms with Gasteiger partial charge in [0.15, 0.2) is 9.84 Å². The van der Waals surface area contributed by atoms with Crippen LogP contribution in [0.15, 0.2) is 29.4 Å². The number of benzene rings is 1. The number of anilines is 1. The Kier molecular flexibility index (Phi) is 5.26. The van der Waals surface area contributed by atoms with Crippen molar-refractivity contribution in [3.8, 4) is 0 Å². The zero-order valence-corrected chi connectivity index (χ0v) is 15.5. The SMILES string of the molecule is COC(=O)c1cccc(NC(=O)C2=NN([C@H]3CCS(=O)(=O)C3)C(=O)CC2)c1. The lowest BCUT2D eigenvalue weighted by atomic mass is 10.1. The number of amides is 2. The number of hydrogen-bond donors (Lipinski definition) is 1. The molecule has 0 bridgehead atoms. The molecule has 2 heterocycles. The van der Waals surface area contributed by atoms with Crippen molar-refractivity contribution < 1.29 is 27.5 Å². The Labute approximate surface area is 156 Å². The highest BCUT2D eigenvalue weighted by Gasteiger charge is 2.37. The summed E-state index contributed by atoms with van der Waals surface area (Å²) in [6, 6.07) is 5.71. The smallest absolute Gasteiger partial charge is 0.337 e. The van der Waals surface area contributed by atoms with Gasteiger partial charge in [-0.2, -0.15) is 5.10 Å². The van der Waals surface area contributed by atoms with Gasteiger partial charge in [0.1, 0.15) is 5.71 Å². The van der Waals surface area contributed by atoms with Crippen LogP contribution in [0.5, 0.6) is 0 Å². The number of esters is 1. The van der Waals surface area contributed by atoms with Crippen LogP contribution in [-0.2, 0) is 24.2 Å². The lowest BCUT2D eigenvalue weighted by Gasteiger charge is -2.27. The lowest BCUT2D eigenvalue weighted by molar-refractivity contribution is -0.133. The standard InChI is InChI=1S/C17H19N3O6S/c1-26-17(23)11-3-2-4-12(9-11)18-16(22)14-5-6-15(21)20(19-14)13-7-8-27(24,25)10-13/h2-4,9,13H,5-8,10H2,1H3,(H,18,22)/t13-/m0/s1. The van der Waals surface area contributed by atoms with Gasteiger partial charge in [0, 0.05) is 18.5 Å². The maximum atomic E-state index is 12.5. The topological polar surface area (TPSA) is 122 Å². The second kappa shape index (κ2) is 7.47. The highest BCUT2D eigenvalue weighted by atomic mass is 32.2. The van der Waals surface area contributed by atoms with Crippen molar-refractivity contribution in [2.24, 2.45) is 5.10 Å². The molecule has 2 amide bonds. The van der Waals surface area contributed by atoms with Gasteiger partial charge in [-0.15, -0.1) is 0 Å². The minimum atomic E-state index is -3.18. The van der Waals surface area contributed by atoms with Gasteiger partial charge in [-0.3, -0.25) is 9.59 Å². The largest absolute Gasteiger partial charge is 0.465 e. The van der Waals surface area contributed by atoms with Crippen LogP contribution >= 0.6 is 0 Å². The summed E-state index contributed by atoms with van der Waals surface area (Å²) in [5, 5.41) is 7.88. The number of methoxy groups -OCH3 is 1. The van der Waals surface area contributed by atoms with Gasteiger partial charge in [-0.25, -0.2) is 18.2 Å². The van der Waals surface area contributed by atoms with Gasteiger partial charge in [0.25, 0.3) is 5.91 Å². The second-order valence-electron chi connectivity index (χ2n) is 6.37. The van der Waals surface area contributed by atoms with Crippen molar-refractivity contribution in [3.63, 3.8) is 0 Å². The number of carbonyl (C=O) groups excluding carboxylic acids is 3. The molecular formula is C17H19N3O6S. The van der Waals surface area contributed by atoms with Crippen molar-refractivity contribution >= 4 is 39.0 Å². The molecule has 1 N–H and O–H groups in total. The zero-order valence-electron chi connectivity index (χ0n) is 14.7. The molecule has 0 spiro atoms. The molecule has 0 radical (unpaired) electrons. The van der Waals surface area contributed by atoms with Crippen LogP contribution in [0, 0.1) is 0 Å². The molecule has 1 saturated heterocycles. The predicted molar refractivity (Wildman–Crippen MR) is 97.0 cm³/mol. The number of hydrogen-bond acceptors (Lipinski definition) is 7. The molecule has 0 unspecified atom stereocenters. The molecule has 0 aromatic heterocycles. The van der Waals surface area contributed by atoms with E-state index in [1.54, 1.807) is 18.2 Å². The van der Waals surface area contributed by atoms with E-state index in [4.69, 9.17) is 0 Å². The van der Waals surface area contributed by atoms with E-state index < -0.39 is 27.8 Å². The number of sulfone groups is 1. The fraction of sp³-hybridized carbons (Fsp3) is 0.412. The molecule has 9 nitrogen and oxygen atoms in total. The van der Waals surface area contributed by atoms with E-state index in [0.29, 0.717) is 12.1 Å². The molecule has 0 aliphatic carbocycles. The minimum absolute atomic E-state index is 0.0127. The number of rotatable bonds is 4. The zero-order chi connectivity index (χ0) is 19.6. The van der Waals surface area contributed by atoms with E-state index in [-0.39, 0.29) is 41.5 Å². The van der Waals surface area contributed by atoms with E-state index in [2.05, 4.69) is 15.2 Å². The van der Waals surface area contributed by atoms with E-state index in [0.717, 1.165) is 5.01 Å². The molecular weight excluding hydrogens is 374 g/mol. The van der Waals surface area contributed by atoms with Gasteiger partial charge in [0.05, 0.1) is 30.2 Å². The molecule has 1 aromatic carbocycles.